The molecule has 0 fully saturated rings. The van der Waals surface area contributed by atoms with Crippen LogP contribution >= 0.6 is 0 Å². The number of hydrogen-bond acceptors (Lipinski definition) is 12. The number of aliphatic carboxylic acids is 2. The molecule has 42 heavy (non-hydrogen) atoms. The number of methoxy groups -OCH3 is 2. The van der Waals surface area contributed by atoms with Crippen molar-refractivity contribution in [3.05, 3.63) is 47.5 Å². The number of carboxylic acid groups (broad SMARTS) is 2. The maximum Gasteiger partial charge on any atom is 2.00 e. The summed E-state index contributed by atoms with van der Waals surface area (Å²) in [6.07, 6.45) is 3.21. The normalized spacial score (nSPS) is 9.76. The fourth-order valence-electron chi connectivity index (χ4n) is 2.35. The van der Waals surface area contributed by atoms with Gasteiger partial charge in [0.05, 0.1) is 27.3 Å². The first-order valence-corrected chi connectivity index (χ1v) is 12.1. The molecule has 0 aliphatic carbocycles. The number of rotatable bonds is 10. The van der Waals surface area contributed by atoms with E-state index < -0.39 is 11.9 Å². The molecule has 2 rings (SSSR count). The van der Waals surface area contributed by atoms with E-state index in [9.17, 15) is 10.2 Å². The van der Waals surface area contributed by atoms with E-state index in [1.807, 2.05) is 38.0 Å². The van der Waals surface area contributed by atoms with Gasteiger partial charge < -0.3 is 49.3 Å². The number of hydrogen-bond donors (Lipinski definition) is 0. The van der Waals surface area contributed by atoms with Gasteiger partial charge in [-0.2, -0.15) is 0 Å². The van der Waals surface area contributed by atoms with Gasteiger partial charge in [0.15, 0.2) is 0 Å². The van der Waals surface area contributed by atoms with Crippen LogP contribution in [0.15, 0.2) is 46.4 Å². The van der Waals surface area contributed by atoms with Gasteiger partial charge in [-0.05, 0) is 77.4 Å². The van der Waals surface area contributed by atoms with Crippen molar-refractivity contribution in [2.24, 2.45) is 9.98 Å². The first-order valence-electron chi connectivity index (χ1n) is 12.1. The van der Waals surface area contributed by atoms with E-state index in [4.69, 9.17) is 29.3 Å². The number of benzene rings is 2. The third kappa shape index (κ3) is 28.4. The summed E-state index contributed by atoms with van der Waals surface area (Å²) in [4.78, 5) is 30.3. The second-order valence-electron chi connectivity index (χ2n) is 8.47. The van der Waals surface area contributed by atoms with E-state index >= 15 is 0 Å². The summed E-state index contributed by atoms with van der Waals surface area (Å²) in [5.74, 6) is -0.883. The molecule has 0 saturated carbocycles. The molecule has 0 bridgehead atoms. The van der Waals surface area contributed by atoms with Crippen molar-refractivity contribution in [2.75, 3.05) is 68.6 Å². The Balaban J connectivity index is -0.000000264. The maximum absolute atomic E-state index is 11.5. The van der Waals surface area contributed by atoms with Crippen LogP contribution in [-0.4, -0.2) is 103 Å². The number of carboxylic acids is 2. The third-order valence-electron chi connectivity index (χ3n) is 4.25. The zero-order valence-electron chi connectivity index (χ0n) is 25.1. The Kier molecular flexibility index (Phi) is 30.6. The molecule has 14 heteroatoms. The molecule has 2 radical (unpaired) electrons. The molecule has 0 amide bonds. The molecule has 0 aliphatic rings. The van der Waals surface area contributed by atoms with E-state index in [2.05, 4.69) is 9.98 Å². The summed E-state index contributed by atoms with van der Waals surface area (Å²) >= 11 is 0. The average Bonchev–Trinajstić information content (AvgIpc) is 2.86. The van der Waals surface area contributed by atoms with Gasteiger partial charge in [0, 0.05) is 37.5 Å². The molecule has 0 unspecified atom stereocenters. The van der Waals surface area contributed by atoms with Gasteiger partial charge in [0.25, 0.3) is 0 Å². The number of likely N-dealkylation sites (N-methyl/N-ethyl adjacent to an activating group) is 2. The van der Waals surface area contributed by atoms with Crippen molar-refractivity contribution < 1.29 is 73.6 Å². The SMILES string of the molecule is CC(=O)[O-].CC(=O)[O-].COc1ccc([O-])c(C=NCCN(C)C)c1.COc1ccc([O-])c(C=NCCN(C)C)c1.[Cu+2].[Cu+2]. The standard InChI is InChI=1S/2C12H18N2O2.2C2H4O2.2Cu/c2*1-14(2)7-6-13-9-10-8-11(16-3)4-5-12(10)15;2*1-2(3)4;;/h2*4-5,8-9,15H,6-7H2,1-3H3;2*1H3,(H,3,4);;/q;;;;2*+2/p-4. The molecule has 0 spiro atoms. The van der Waals surface area contributed by atoms with Crippen LogP contribution in [0.3, 0.4) is 0 Å². The molecule has 2 aromatic carbocycles. The summed E-state index contributed by atoms with van der Waals surface area (Å²) < 4.78 is 10.1. The summed E-state index contributed by atoms with van der Waals surface area (Å²) in [5.41, 5.74) is 1.14. The summed E-state index contributed by atoms with van der Waals surface area (Å²) in [5, 5.41) is 40.7. The Hall–Kier alpha value is -3.12. The second-order valence-corrected chi connectivity index (χ2v) is 8.47. The van der Waals surface area contributed by atoms with Crippen molar-refractivity contribution in [2.45, 2.75) is 13.8 Å². The molecule has 0 heterocycles. The predicted molar refractivity (Wildman–Crippen MR) is 148 cm³/mol. The van der Waals surface area contributed by atoms with E-state index in [1.165, 1.54) is 12.1 Å². The average molecular weight is 688 g/mol. The van der Waals surface area contributed by atoms with Crippen molar-refractivity contribution in [3.8, 4) is 23.0 Å². The zero-order chi connectivity index (χ0) is 31.1. The maximum atomic E-state index is 11.5. The van der Waals surface area contributed by atoms with Gasteiger partial charge in [-0.3, -0.25) is 9.98 Å². The monoisotopic (exact) mass is 686 g/mol. The van der Waals surface area contributed by atoms with Gasteiger partial charge >= 0.3 is 34.1 Å². The molecular formula is C28H40Cu2N4O8. The molecule has 2 aromatic rings. The Morgan fingerprint density at radius 2 is 1.00 bits per heavy atom. The molecule has 0 atom stereocenters. The fraction of sp³-hybridized carbons (Fsp3) is 0.429. The van der Waals surface area contributed by atoms with Gasteiger partial charge in [0.1, 0.15) is 11.5 Å². The van der Waals surface area contributed by atoms with E-state index in [-0.39, 0.29) is 45.6 Å². The number of ether oxygens (including phenoxy) is 2. The largest absolute Gasteiger partial charge is 2.00 e. The summed E-state index contributed by atoms with van der Waals surface area (Å²) in [6, 6.07) is 9.68. The van der Waals surface area contributed by atoms with Crippen molar-refractivity contribution in [1.29, 1.82) is 0 Å². The number of carbonyl (C=O) groups excluding carboxylic acids is 2. The fourth-order valence-corrected chi connectivity index (χ4v) is 2.35. The topological polar surface area (TPSA) is 176 Å². The molecule has 0 N–H and O–H groups in total. The van der Waals surface area contributed by atoms with Crippen LogP contribution < -0.4 is 29.9 Å². The van der Waals surface area contributed by atoms with Crippen molar-refractivity contribution in [3.63, 3.8) is 0 Å². The number of nitrogens with zero attached hydrogens (tertiary/aromatic N) is 4. The molecular weight excluding hydrogens is 647 g/mol. The molecule has 0 saturated heterocycles. The van der Waals surface area contributed by atoms with Gasteiger partial charge in [-0.1, -0.05) is 23.6 Å². The minimum Gasteiger partial charge on any atom is -0.872 e. The predicted octanol–water partition coefficient (Wildman–Crippen LogP) is -0.994. The Bertz CT molecular complexity index is 977. The van der Waals surface area contributed by atoms with Gasteiger partial charge in [-0.15, -0.1) is 0 Å². The smallest absolute Gasteiger partial charge is 0.872 e. The summed E-state index contributed by atoms with van der Waals surface area (Å²) in [7, 11) is 11.1. The minimum absolute atomic E-state index is 0. The number of carbonyl (C=O) groups is 2. The van der Waals surface area contributed by atoms with Crippen LogP contribution in [0.5, 0.6) is 23.0 Å². The van der Waals surface area contributed by atoms with E-state index in [0.29, 0.717) is 35.7 Å². The third-order valence-corrected chi connectivity index (χ3v) is 4.25. The zero-order valence-corrected chi connectivity index (χ0v) is 27.0. The number of aliphatic imine (C=N–C) groups is 2. The van der Waals surface area contributed by atoms with Crippen LogP contribution in [0.4, 0.5) is 0 Å². The Labute approximate surface area is 270 Å². The van der Waals surface area contributed by atoms with Crippen molar-refractivity contribution in [1.82, 2.24) is 9.80 Å². The molecule has 0 aliphatic heterocycles. The van der Waals surface area contributed by atoms with E-state index in [0.717, 1.165) is 26.9 Å². The second kappa shape index (κ2) is 28.0. The van der Waals surface area contributed by atoms with Gasteiger partial charge in [-0.25, -0.2) is 0 Å². The van der Waals surface area contributed by atoms with Crippen molar-refractivity contribution >= 4 is 24.4 Å². The Morgan fingerprint density at radius 1 is 0.714 bits per heavy atom. The van der Waals surface area contributed by atoms with Crippen LogP contribution in [0.1, 0.15) is 25.0 Å². The first kappa shape index (κ1) is 45.9. The van der Waals surface area contributed by atoms with Crippen LogP contribution in [-0.2, 0) is 43.7 Å². The quantitative estimate of drug-likeness (QED) is 0.223. The minimum atomic E-state index is -1.08. The molecule has 242 valence electrons. The van der Waals surface area contributed by atoms with Crippen LogP contribution in [0.25, 0.3) is 0 Å². The first-order chi connectivity index (χ1) is 18.7. The summed E-state index contributed by atoms with van der Waals surface area (Å²) in [6.45, 7) is 5.05. The van der Waals surface area contributed by atoms with Crippen LogP contribution in [0.2, 0.25) is 0 Å². The Morgan fingerprint density at radius 3 is 1.24 bits per heavy atom. The molecule has 0 aromatic heterocycles. The van der Waals surface area contributed by atoms with Crippen LogP contribution in [0, 0.1) is 0 Å². The van der Waals surface area contributed by atoms with Gasteiger partial charge in [0.2, 0.25) is 0 Å². The van der Waals surface area contributed by atoms with E-state index in [1.54, 1.807) is 50.9 Å². The molecule has 12 nitrogen and oxygen atoms in total.